The van der Waals surface area contributed by atoms with Crippen LogP contribution >= 0.6 is 23.5 Å². The maximum Gasteiger partial charge on any atom is 0.344 e. The highest BCUT2D eigenvalue weighted by Gasteiger charge is 2.32. The second kappa shape index (κ2) is 10.6. The Morgan fingerprint density at radius 2 is 1.76 bits per heavy atom. The van der Waals surface area contributed by atoms with Gasteiger partial charge in [-0.2, -0.15) is 0 Å². The zero-order chi connectivity index (χ0) is 24.3. The van der Waals surface area contributed by atoms with Crippen LogP contribution in [0.5, 0.6) is 5.75 Å². The van der Waals surface area contributed by atoms with Crippen molar-refractivity contribution in [2.75, 3.05) is 35.3 Å². The van der Waals surface area contributed by atoms with Crippen LogP contribution < -0.4 is 9.04 Å². The monoisotopic (exact) mass is 521 g/mol. The van der Waals surface area contributed by atoms with E-state index in [1.807, 2.05) is 54.7 Å². The molecule has 0 radical (unpaired) electrons. The number of hydrogen-bond donors (Lipinski definition) is 0. The van der Waals surface area contributed by atoms with Gasteiger partial charge in [0.25, 0.3) is 0 Å². The van der Waals surface area contributed by atoms with E-state index in [-0.39, 0.29) is 18.4 Å². The number of Topliss-reactive ketones (excluding diaryl/α,β-unsaturated/α-hetero) is 1. The molecule has 2 aliphatic rings. The van der Waals surface area contributed by atoms with Crippen molar-refractivity contribution in [1.29, 1.82) is 0 Å². The van der Waals surface area contributed by atoms with Crippen molar-refractivity contribution < 1.29 is 27.5 Å². The summed E-state index contributed by atoms with van der Waals surface area (Å²) in [5, 5.41) is 0. The number of nitrogens with zero attached hydrogens (tertiary/aromatic N) is 1. The lowest BCUT2D eigenvalue weighted by Gasteiger charge is -2.21. The Morgan fingerprint density at radius 1 is 1.06 bits per heavy atom. The average molecular weight is 522 g/mol. The van der Waals surface area contributed by atoms with Crippen LogP contribution in [0.2, 0.25) is 0 Å². The molecule has 2 aliphatic heterocycles. The van der Waals surface area contributed by atoms with Gasteiger partial charge in [-0.1, -0.05) is 12.1 Å². The Kier molecular flexibility index (Phi) is 7.79. The number of fused-ring (bicyclic) bond motifs is 1. The van der Waals surface area contributed by atoms with Gasteiger partial charge >= 0.3 is 5.97 Å². The Hall–Kier alpha value is -2.17. The van der Waals surface area contributed by atoms with Gasteiger partial charge in [-0.3, -0.25) is 9.10 Å². The molecule has 0 aromatic heterocycles. The molecule has 1 saturated heterocycles. The van der Waals surface area contributed by atoms with E-state index in [0.717, 1.165) is 5.56 Å². The first kappa shape index (κ1) is 24.9. The summed E-state index contributed by atoms with van der Waals surface area (Å²) < 4.78 is 36.5. The van der Waals surface area contributed by atoms with Crippen LogP contribution in [-0.4, -0.2) is 57.2 Å². The molecule has 7 nitrogen and oxygen atoms in total. The smallest absolute Gasteiger partial charge is 0.344 e. The summed E-state index contributed by atoms with van der Waals surface area (Å²) in [4.78, 5) is 24.6. The van der Waals surface area contributed by atoms with E-state index in [1.54, 1.807) is 18.2 Å². The normalized spacial score (nSPS) is 18.4. The highest BCUT2D eigenvalue weighted by Crippen LogP contribution is 2.43. The molecule has 0 saturated carbocycles. The van der Waals surface area contributed by atoms with Crippen molar-refractivity contribution in [1.82, 2.24) is 0 Å². The maximum atomic E-state index is 12.5. The molecule has 10 heteroatoms. The van der Waals surface area contributed by atoms with E-state index < -0.39 is 22.6 Å². The predicted molar refractivity (Wildman–Crippen MR) is 136 cm³/mol. The molecule has 2 heterocycles. The molecular weight excluding hydrogens is 494 g/mol. The third-order valence-electron chi connectivity index (χ3n) is 5.61. The Labute approximate surface area is 208 Å². The number of rotatable bonds is 8. The van der Waals surface area contributed by atoms with Crippen molar-refractivity contribution in [3.63, 3.8) is 0 Å². The van der Waals surface area contributed by atoms with Crippen LogP contribution in [-0.2, 0) is 26.0 Å². The van der Waals surface area contributed by atoms with Gasteiger partial charge in [0.05, 0.1) is 16.5 Å². The zero-order valence-electron chi connectivity index (χ0n) is 19.1. The second-order valence-corrected chi connectivity index (χ2v) is 12.9. The highest BCUT2D eigenvalue weighted by atomic mass is 32.2. The largest absolute Gasteiger partial charge is 0.482 e. The Balaban J connectivity index is 1.27. The summed E-state index contributed by atoms with van der Waals surface area (Å²) >= 11 is 3.88. The minimum absolute atomic E-state index is 0.209. The molecule has 0 amide bonds. The first-order valence-corrected chi connectivity index (χ1v) is 14.9. The summed E-state index contributed by atoms with van der Waals surface area (Å²) in [5.41, 5.74) is 2.98. The van der Waals surface area contributed by atoms with Crippen molar-refractivity contribution in [3.8, 4) is 5.75 Å². The van der Waals surface area contributed by atoms with Gasteiger partial charge in [-0.05, 0) is 72.7 Å². The molecule has 1 atom stereocenters. The van der Waals surface area contributed by atoms with Crippen molar-refractivity contribution in [3.05, 3.63) is 59.2 Å². The molecule has 182 valence electrons. The minimum Gasteiger partial charge on any atom is -0.482 e. The van der Waals surface area contributed by atoms with E-state index in [2.05, 4.69) is 0 Å². The molecular formula is C24H27NO6S3. The van der Waals surface area contributed by atoms with Gasteiger partial charge in [-0.15, -0.1) is 23.5 Å². The minimum atomic E-state index is -3.39. The quantitative estimate of drug-likeness (QED) is 0.379. The van der Waals surface area contributed by atoms with Gasteiger partial charge in [0.2, 0.25) is 10.0 Å². The summed E-state index contributed by atoms with van der Waals surface area (Å²) in [7, 11) is -3.39. The van der Waals surface area contributed by atoms with Crippen LogP contribution in [0.1, 0.15) is 39.4 Å². The fraction of sp³-hybridized carbons (Fsp3) is 0.417. The lowest BCUT2D eigenvalue weighted by Crippen LogP contribution is -2.34. The van der Waals surface area contributed by atoms with Crippen LogP contribution in [0, 0.1) is 0 Å². The number of anilines is 1. The van der Waals surface area contributed by atoms with E-state index in [4.69, 9.17) is 9.47 Å². The Morgan fingerprint density at radius 3 is 2.44 bits per heavy atom. The summed E-state index contributed by atoms with van der Waals surface area (Å²) in [6.07, 6.45) is 2.93. The number of hydrogen-bond acceptors (Lipinski definition) is 8. The van der Waals surface area contributed by atoms with Gasteiger partial charge in [0, 0.05) is 11.6 Å². The molecule has 2 aromatic carbocycles. The zero-order valence-corrected chi connectivity index (χ0v) is 21.5. The van der Waals surface area contributed by atoms with E-state index in [0.29, 0.717) is 28.0 Å². The van der Waals surface area contributed by atoms with Gasteiger partial charge in [0.1, 0.15) is 5.75 Å². The standard InChI is InChI=1S/C24H27NO6S3/c1-16-12-19-13-18(6-9-21(19)25(16)34(2,28)29)22(26)14-31-23(27)15-30-20-7-4-17(5-8-20)24-32-10-3-11-33-24/h4-9,13,16,24H,3,10-12,14-15H2,1-2H3/t16-/m0/s1. The predicted octanol–water partition coefficient (Wildman–Crippen LogP) is 4.07. The first-order chi connectivity index (χ1) is 16.2. The summed E-state index contributed by atoms with van der Waals surface area (Å²) in [6, 6.07) is 12.4. The number of carbonyl (C=O) groups is 2. The van der Waals surface area contributed by atoms with Crippen LogP contribution in [0.3, 0.4) is 0 Å². The summed E-state index contributed by atoms with van der Waals surface area (Å²) in [6.45, 7) is 1.14. The first-order valence-electron chi connectivity index (χ1n) is 11.0. The van der Waals surface area contributed by atoms with Crippen LogP contribution in [0.15, 0.2) is 42.5 Å². The number of carbonyl (C=O) groups excluding carboxylic acids is 2. The number of benzene rings is 2. The number of sulfonamides is 1. The van der Waals surface area contributed by atoms with Crippen molar-refractivity contribution >= 4 is 51.0 Å². The second-order valence-electron chi connectivity index (χ2n) is 8.32. The average Bonchev–Trinajstić information content (AvgIpc) is 3.17. The molecule has 0 spiro atoms. The van der Waals surface area contributed by atoms with Crippen molar-refractivity contribution in [2.24, 2.45) is 0 Å². The van der Waals surface area contributed by atoms with Gasteiger partial charge in [-0.25, -0.2) is 13.2 Å². The van der Waals surface area contributed by atoms with Crippen LogP contribution in [0.4, 0.5) is 5.69 Å². The summed E-state index contributed by atoms with van der Waals surface area (Å²) in [5.74, 6) is 1.93. The van der Waals surface area contributed by atoms with E-state index >= 15 is 0 Å². The molecule has 0 bridgehead atoms. The molecule has 0 unspecified atom stereocenters. The number of thioether (sulfide) groups is 2. The Bertz CT molecular complexity index is 1160. The highest BCUT2D eigenvalue weighted by molar-refractivity contribution is 8.16. The van der Waals surface area contributed by atoms with Crippen LogP contribution in [0.25, 0.3) is 0 Å². The molecule has 4 rings (SSSR count). The molecule has 0 aliphatic carbocycles. The molecule has 0 N–H and O–H groups in total. The maximum absolute atomic E-state index is 12.5. The molecule has 1 fully saturated rings. The third-order valence-corrected chi connectivity index (χ3v) is 9.90. The van der Waals surface area contributed by atoms with E-state index in [1.165, 1.54) is 34.1 Å². The topological polar surface area (TPSA) is 90.0 Å². The van der Waals surface area contributed by atoms with E-state index in [9.17, 15) is 18.0 Å². The number of ether oxygens (including phenoxy) is 2. The lowest BCUT2D eigenvalue weighted by atomic mass is 10.0. The fourth-order valence-corrected chi connectivity index (χ4v) is 8.25. The SMILES string of the molecule is C[C@H]1Cc2cc(C(=O)COC(=O)COc3ccc(C4SCCCS4)cc3)ccc2N1S(C)(=O)=O. The molecule has 2 aromatic rings. The number of esters is 1. The lowest BCUT2D eigenvalue weighted by molar-refractivity contribution is -0.144. The van der Waals surface area contributed by atoms with Crippen molar-refractivity contribution in [2.45, 2.75) is 30.4 Å². The van der Waals surface area contributed by atoms with Gasteiger partial charge in [0.15, 0.2) is 19.0 Å². The fourth-order valence-electron chi connectivity index (χ4n) is 4.10. The number of ketones is 1. The molecule has 34 heavy (non-hydrogen) atoms. The third kappa shape index (κ3) is 5.90. The van der Waals surface area contributed by atoms with Gasteiger partial charge < -0.3 is 9.47 Å².